The summed E-state index contributed by atoms with van der Waals surface area (Å²) in [5.74, 6) is -0.590. The number of likely N-dealkylation sites (tertiary alicyclic amines) is 1. The highest BCUT2D eigenvalue weighted by molar-refractivity contribution is 7.89. The molecule has 2 saturated heterocycles. The summed E-state index contributed by atoms with van der Waals surface area (Å²) in [4.78, 5) is 28.9. The van der Waals surface area contributed by atoms with E-state index in [0.717, 1.165) is 0 Å². The molecule has 0 N–H and O–H groups in total. The molecule has 166 valence electrons. The van der Waals surface area contributed by atoms with Crippen molar-refractivity contribution in [3.63, 3.8) is 0 Å². The molecule has 2 heterocycles. The molecule has 3 rings (SSSR count). The number of carbonyl (C=O) groups is 2. The molecule has 0 atom stereocenters. The Morgan fingerprint density at radius 1 is 1.07 bits per heavy atom. The van der Waals surface area contributed by atoms with Gasteiger partial charge in [-0.1, -0.05) is 6.07 Å². The van der Waals surface area contributed by atoms with E-state index in [1.807, 2.05) is 7.05 Å². The first-order valence-corrected chi connectivity index (χ1v) is 11.9. The second-order valence-electron chi connectivity index (χ2n) is 8.01. The standard InChI is InChI=1S/C21H31N3O5S/c1-4-29-21(26)17-7-9-23(10-8-17)20(25)18-6-5-16(2)19(15-18)30(27,28)24-13-11-22(3)12-14-24/h5-6,15,17H,4,7-14H2,1-3H3. The van der Waals surface area contributed by atoms with Crippen LogP contribution in [0.4, 0.5) is 0 Å². The Bertz CT molecular complexity index is 886. The van der Waals surface area contributed by atoms with Crippen LogP contribution in [0.5, 0.6) is 0 Å². The highest BCUT2D eigenvalue weighted by Crippen LogP contribution is 2.25. The van der Waals surface area contributed by atoms with Crippen LogP contribution in [-0.2, 0) is 19.6 Å². The summed E-state index contributed by atoms with van der Waals surface area (Å²) in [6.45, 7) is 7.05. The lowest BCUT2D eigenvalue weighted by Crippen LogP contribution is -2.47. The van der Waals surface area contributed by atoms with Gasteiger partial charge < -0.3 is 14.5 Å². The smallest absolute Gasteiger partial charge is 0.309 e. The minimum Gasteiger partial charge on any atom is -0.466 e. The van der Waals surface area contributed by atoms with Crippen molar-refractivity contribution in [1.82, 2.24) is 14.1 Å². The number of piperidine rings is 1. The van der Waals surface area contributed by atoms with Crippen LogP contribution in [0.2, 0.25) is 0 Å². The van der Waals surface area contributed by atoms with Crippen molar-refractivity contribution >= 4 is 21.9 Å². The minimum atomic E-state index is -3.65. The fraction of sp³-hybridized carbons (Fsp3) is 0.619. The maximum atomic E-state index is 13.2. The molecule has 9 heteroatoms. The van der Waals surface area contributed by atoms with Gasteiger partial charge >= 0.3 is 5.97 Å². The lowest BCUT2D eigenvalue weighted by atomic mass is 9.96. The van der Waals surface area contributed by atoms with Crippen molar-refractivity contribution in [3.05, 3.63) is 29.3 Å². The summed E-state index contributed by atoms with van der Waals surface area (Å²) in [7, 11) is -1.68. The predicted molar refractivity (Wildman–Crippen MR) is 113 cm³/mol. The van der Waals surface area contributed by atoms with Crippen molar-refractivity contribution in [1.29, 1.82) is 0 Å². The Balaban J connectivity index is 1.73. The molecule has 2 fully saturated rings. The molecule has 0 radical (unpaired) electrons. The fourth-order valence-corrected chi connectivity index (χ4v) is 5.61. The van der Waals surface area contributed by atoms with E-state index < -0.39 is 10.0 Å². The molecule has 30 heavy (non-hydrogen) atoms. The van der Waals surface area contributed by atoms with E-state index in [9.17, 15) is 18.0 Å². The molecule has 0 saturated carbocycles. The van der Waals surface area contributed by atoms with E-state index in [4.69, 9.17) is 4.74 Å². The number of hydrogen-bond acceptors (Lipinski definition) is 6. The molecule has 0 unspecified atom stereocenters. The number of benzene rings is 1. The minimum absolute atomic E-state index is 0.180. The molecule has 0 spiro atoms. The van der Waals surface area contributed by atoms with Gasteiger partial charge in [0.25, 0.3) is 5.91 Å². The van der Waals surface area contributed by atoms with Gasteiger partial charge in [0, 0.05) is 44.8 Å². The molecule has 2 aliphatic rings. The van der Waals surface area contributed by atoms with Crippen LogP contribution in [0.3, 0.4) is 0 Å². The SMILES string of the molecule is CCOC(=O)C1CCN(C(=O)c2ccc(C)c(S(=O)(=O)N3CCN(C)CC3)c2)CC1. The van der Waals surface area contributed by atoms with Crippen LogP contribution in [0.15, 0.2) is 23.1 Å². The van der Waals surface area contributed by atoms with Crippen LogP contribution in [-0.4, -0.2) is 87.3 Å². The fourth-order valence-electron chi connectivity index (χ4n) is 3.94. The zero-order valence-corrected chi connectivity index (χ0v) is 18.8. The van der Waals surface area contributed by atoms with Crippen LogP contribution < -0.4 is 0 Å². The van der Waals surface area contributed by atoms with E-state index in [1.54, 1.807) is 30.9 Å². The summed E-state index contributed by atoms with van der Waals surface area (Å²) in [5.41, 5.74) is 0.995. The van der Waals surface area contributed by atoms with Gasteiger partial charge in [-0.3, -0.25) is 9.59 Å². The Kier molecular flexibility index (Phi) is 7.15. The molecule has 8 nitrogen and oxygen atoms in total. The Hall–Kier alpha value is -1.97. The third-order valence-corrected chi connectivity index (χ3v) is 7.96. The molecule has 1 amide bonds. The number of likely N-dealkylation sites (N-methyl/N-ethyl adjacent to an activating group) is 1. The maximum absolute atomic E-state index is 13.2. The Labute approximate surface area is 178 Å². The Morgan fingerprint density at radius 2 is 1.70 bits per heavy atom. The number of piperazine rings is 1. The van der Waals surface area contributed by atoms with Crippen LogP contribution >= 0.6 is 0 Å². The molecule has 0 bridgehead atoms. The van der Waals surface area contributed by atoms with E-state index in [2.05, 4.69) is 4.90 Å². The number of sulfonamides is 1. The van der Waals surface area contributed by atoms with Crippen LogP contribution in [0.25, 0.3) is 0 Å². The third-order valence-electron chi connectivity index (χ3n) is 5.92. The van der Waals surface area contributed by atoms with Crippen molar-refractivity contribution in [2.24, 2.45) is 5.92 Å². The second-order valence-corrected chi connectivity index (χ2v) is 9.91. The molecule has 0 aliphatic carbocycles. The molecule has 2 aliphatic heterocycles. The molecule has 1 aromatic rings. The number of rotatable bonds is 5. The summed E-state index contributed by atoms with van der Waals surface area (Å²) in [5, 5.41) is 0. The number of ether oxygens (including phenoxy) is 1. The Morgan fingerprint density at radius 3 is 2.30 bits per heavy atom. The molecular formula is C21H31N3O5S. The van der Waals surface area contributed by atoms with E-state index in [1.165, 1.54) is 10.4 Å². The summed E-state index contributed by atoms with van der Waals surface area (Å²) < 4.78 is 32.9. The van der Waals surface area contributed by atoms with Gasteiger partial charge in [0.05, 0.1) is 17.4 Å². The first-order valence-electron chi connectivity index (χ1n) is 10.5. The van der Waals surface area contributed by atoms with Gasteiger partial charge in [0.15, 0.2) is 0 Å². The first kappa shape index (κ1) is 22.7. The zero-order valence-electron chi connectivity index (χ0n) is 18.0. The van der Waals surface area contributed by atoms with E-state index >= 15 is 0 Å². The average Bonchev–Trinajstić information content (AvgIpc) is 2.74. The average molecular weight is 438 g/mol. The second kappa shape index (κ2) is 9.45. The van der Waals surface area contributed by atoms with Crippen LogP contribution in [0.1, 0.15) is 35.7 Å². The molecular weight excluding hydrogens is 406 g/mol. The highest BCUT2D eigenvalue weighted by Gasteiger charge is 2.31. The zero-order chi connectivity index (χ0) is 21.9. The molecule has 0 aromatic heterocycles. The number of nitrogens with zero attached hydrogens (tertiary/aromatic N) is 3. The molecule has 1 aromatic carbocycles. The van der Waals surface area contributed by atoms with Crippen molar-refractivity contribution in [2.75, 3.05) is 52.9 Å². The largest absolute Gasteiger partial charge is 0.466 e. The summed E-state index contributed by atoms with van der Waals surface area (Å²) in [6.07, 6.45) is 1.12. The number of aryl methyl sites for hydroxylation is 1. The van der Waals surface area contributed by atoms with Crippen molar-refractivity contribution in [2.45, 2.75) is 31.6 Å². The van der Waals surface area contributed by atoms with Crippen molar-refractivity contribution in [3.8, 4) is 0 Å². The monoisotopic (exact) mass is 437 g/mol. The van der Waals surface area contributed by atoms with Crippen molar-refractivity contribution < 1.29 is 22.7 Å². The van der Waals surface area contributed by atoms with Gasteiger partial charge in [0.2, 0.25) is 10.0 Å². The third kappa shape index (κ3) is 4.84. The lowest BCUT2D eigenvalue weighted by Gasteiger charge is -2.32. The van der Waals surface area contributed by atoms with Gasteiger partial charge in [-0.2, -0.15) is 4.31 Å². The maximum Gasteiger partial charge on any atom is 0.309 e. The normalized spacial score (nSPS) is 19.6. The quantitative estimate of drug-likeness (QED) is 0.646. The summed E-state index contributed by atoms with van der Waals surface area (Å²) in [6, 6.07) is 4.88. The topological polar surface area (TPSA) is 87.2 Å². The van der Waals surface area contributed by atoms with E-state index in [-0.39, 0.29) is 22.7 Å². The summed E-state index contributed by atoms with van der Waals surface area (Å²) >= 11 is 0. The van der Waals surface area contributed by atoms with Gasteiger partial charge in [-0.15, -0.1) is 0 Å². The van der Waals surface area contributed by atoms with Gasteiger partial charge in [-0.05, 0) is 51.4 Å². The van der Waals surface area contributed by atoms with Crippen LogP contribution in [0, 0.1) is 12.8 Å². The first-order chi connectivity index (χ1) is 14.2. The number of carbonyl (C=O) groups excluding carboxylic acids is 2. The number of esters is 1. The predicted octanol–water partition coefficient (Wildman–Crippen LogP) is 1.35. The van der Waals surface area contributed by atoms with Gasteiger partial charge in [-0.25, -0.2) is 8.42 Å². The number of hydrogen-bond donors (Lipinski definition) is 0. The van der Waals surface area contributed by atoms with Gasteiger partial charge in [0.1, 0.15) is 0 Å². The lowest BCUT2D eigenvalue weighted by molar-refractivity contribution is -0.149. The number of amides is 1. The van der Waals surface area contributed by atoms with E-state index in [0.29, 0.717) is 69.8 Å². The highest BCUT2D eigenvalue weighted by atomic mass is 32.2.